The second-order valence-electron chi connectivity index (χ2n) is 11.1. The van der Waals surface area contributed by atoms with E-state index >= 15 is 0 Å². The van der Waals surface area contributed by atoms with Gasteiger partial charge in [-0.3, -0.25) is 14.7 Å². The molecule has 2 aromatic carbocycles. The third-order valence-electron chi connectivity index (χ3n) is 7.98. The molecule has 1 saturated carbocycles. The predicted molar refractivity (Wildman–Crippen MR) is 187 cm³/mol. The van der Waals surface area contributed by atoms with Crippen molar-refractivity contribution in [2.24, 2.45) is 5.41 Å². The lowest BCUT2D eigenvalue weighted by Gasteiger charge is -2.40. The SMILES string of the molecule is C/C=C/F.C=CCNCC1(C(=O)Nc2ccc(Oc3ccnc4cc(OCCCN5CCOCC5)c(OC)cc34)cc2)CCC1.CC. The molecule has 9 nitrogen and oxygen atoms in total. The maximum Gasteiger partial charge on any atom is 0.231 e. The molecular formula is C37H51FN4O5. The van der Waals surface area contributed by atoms with E-state index in [1.807, 2.05) is 62.4 Å². The van der Waals surface area contributed by atoms with Crippen molar-refractivity contribution in [1.82, 2.24) is 15.2 Å². The number of hydrogen-bond donors (Lipinski definition) is 2. The summed E-state index contributed by atoms with van der Waals surface area (Å²) < 4.78 is 33.9. The van der Waals surface area contributed by atoms with Crippen LogP contribution in [0.3, 0.4) is 0 Å². The summed E-state index contributed by atoms with van der Waals surface area (Å²) in [6, 6.07) is 13.1. The first-order valence-corrected chi connectivity index (χ1v) is 16.5. The van der Waals surface area contributed by atoms with E-state index in [4.69, 9.17) is 18.9 Å². The maximum absolute atomic E-state index is 13.0. The second kappa shape index (κ2) is 20.3. The molecule has 1 amide bonds. The molecule has 0 spiro atoms. The van der Waals surface area contributed by atoms with Gasteiger partial charge in [0.25, 0.3) is 0 Å². The number of hydrogen-bond acceptors (Lipinski definition) is 8. The van der Waals surface area contributed by atoms with Crippen molar-refractivity contribution < 1.29 is 28.1 Å². The minimum absolute atomic E-state index is 0.0559. The van der Waals surface area contributed by atoms with E-state index < -0.39 is 0 Å². The van der Waals surface area contributed by atoms with E-state index in [-0.39, 0.29) is 11.3 Å². The van der Waals surface area contributed by atoms with Crippen molar-refractivity contribution in [2.45, 2.75) is 46.5 Å². The molecule has 2 fully saturated rings. The van der Waals surface area contributed by atoms with Gasteiger partial charge in [-0.1, -0.05) is 32.4 Å². The fraction of sp³-hybridized carbons (Fsp3) is 0.459. The van der Waals surface area contributed by atoms with Gasteiger partial charge in [0.05, 0.1) is 44.2 Å². The molecule has 1 saturated heterocycles. The van der Waals surface area contributed by atoms with E-state index in [2.05, 4.69) is 27.1 Å². The number of carbonyl (C=O) groups excluding carboxylic acids is 1. The Balaban J connectivity index is 0.000000930. The number of nitrogens with zero attached hydrogens (tertiary/aromatic N) is 2. The van der Waals surface area contributed by atoms with Crippen LogP contribution in [0.5, 0.6) is 23.0 Å². The number of carbonyl (C=O) groups is 1. The van der Waals surface area contributed by atoms with Gasteiger partial charge in [-0.15, -0.1) is 6.58 Å². The molecule has 1 aliphatic heterocycles. The molecule has 1 aromatic heterocycles. The summed E-state index contributed by atoms with van der Waals surface area (Å²) in [5.41, 5.74) is 1.15. The summed E-state index contributed by atoms with van der Waals surface area (Å²) in [6.07, 6.45) is 9.14. The summed E-state index contributed by atoms with van der Waals surface area (Å²) in [5, 5.41) is 7.21. The lowest BCUT2D eigenvalue weighted by molar-refractivity contribution is -0.129. The number of ether oxygens (including phenoxy) is 4. The van der Waals surface area contributed by atoms with Crippen LogP contribution < -0.4 is 24.8 Å². The van der Waals surface area contributed by atoms with Crippen molar-refractivity contribution in [1.29, 1.82) is 0 Å². The highest BCUT2D eigenvalue weighted by atomic mass is 19.1. The van der Waals surface area contributed by atoms with E-state index in [0.717, 1.165) is 75.1 Å². The van der Waals surface area contributed by atoms with Crippen LogP contribution in [-0.4, -0.2) is 75.4 Å². The summed E-state index contributed by atoms with van der Waals surface area (Å²) in [7, 11) is 1.63. The van der Waals surface area contributed by atoms with Gasteiger partial charge in [-0.25, -0.2) is 4.39 Å². The standard InChI is InChI=1S/C32H40N4O5.C3H5F.C2H6/c1-3-13-33-23-32(11-4-12-32)31(37)35-24-6-8-25(9-7-24)41-28-10-14-34-27-22-30(29(38-2)21-26(27)28)40-18-5-15-36-16-19-39-20-17-36;1-2-3-4;1-2/h3,6-10,14,21-22,33H,1,4-5,11-13,15-20,23H2,2H3,(H,35,37);2-3H,1H3;1-2H3/b;3-2+;. The molecule has 2 heterocycles. The number of rotatable bonds is 14. The van der Waals surface area contributed by atoms with Crippen LogP contribution in [0.15, 0.2) is 73.7 Å². The zero-order valence-corrected chi connectivity index (χ0v) is 28.4. The quantitative estimate of drug-likeness (QED) is 0.137. The zero-order chi connectivity index (χ0) is 33.9. The normalized spacial score (nSPS) is 15.3. The molecule has 2 aliphatic rings. The van der Waals surface area contributed by atoms with Crippen LogP contribution in [0.4, 0.5) is 10.1 Å². The Morgan fingerprint density at radius 2 is 1.83 bits per heavy atom. The monoisotopic (exact) mass is 650 g/mol. The predicted octanol–water partition coefficient (Wildman–Crippen LogP) is 7.54. The first-order chi connectivity index (χ1) is 23.0. The Hall–Kier alpha value is -3.99. The van der Waals surface area contributed by atoms with Gasteiger partial charge in [-0.05, 0) is 62.6 Å². The van der Waals surface area contributed by atoms with Gasteiger partial charge in [0, 0.05) is 56.1 Å². The van der Waals surface area contributed by atoms with Crippen LogP contribution in [-0.2, 0) is 9.53 Å². The van der Waals surface area contributed by atoms with Crippen LogP contribution >= 0.6 is 0 Å². The number of aromatic nitrogens is 1. The highest BCUT2D eigenvalue weighted by molar-refractivity contribution is 5.96. The van der Waals surface area contributed by atoms with Crippen molar-refractivity contribution in [3.63, 3.8) is 0 Å². The Morgan fingerprint density at radius 1 is 1.11 bits per heavy atom. The Labute approximate surface area is 279 Å². The molecule has 2 N–H and O–H groups in total. The van der Waals surface area contributed by atoms with Gasteiger partial charge in [-0.2, -0.15) is 0 Å². The average Bonchev–Trinajstić information content (AvgIpc) is 3.10. The van der Waals surface area contributed by atoms with Crippen LogP contribution in [0.1, 0.15) is 46.5 Å². The molecule has 256 valence electrons. The average molecular weight is 651 g/mol. The number of morpholine rings is 1. The van der Waals surface area contributed by atoms with Crippen molar-refractivity contribution in [3.8, 4) is 23.0 Å². The van der Waals surface area contributed by atoms with Crippen molar-refractivity contribution in [3.05, 3.63) is 73.7 Å². The minimum Gasteiger partial charge on any atom is -0.493 e. The molecule has 0 bridgehead atoms. The summed E-state index contributed by atoms with van der Waals surface area (Å²) in [5.74, 6) is 2.66. The highest BCUT2D eigenvalue weighted by Gasteiger charge is 2.43. The Morgan fingerprint density at radius 3 is 2.45 bits per heavy atom. The van der Waals surface area contributed by atoms with E-state index in [9.17, 15) is 9.18 Å². The molecule has 0 atom stereocenters. The summed E-state index contributed by atoms with van der Waals surface area (Å²) in [4.78, 5) is 20.0. The topological polar surface area (TPSA) is 94.2 Å². The van der Waals surface area contributed by atoms with Crippen LogP contribution in [0.2, 0.25) is 0 Å². The van der Waals surface area contributed by atoms with E-state index in [0.29, 0.717) is 49.0 Å². The first kappa shape index (κ1) is 37.5. The maximum atomic E-state index is 13.0. The number of halogens is 1. The van der Waals surface area contributed by atoms with Gasteiger partial charge in [0.2, 0.25) is 5.91 Å². The minimum atomic E-state index is -0.349. The largest absolute Gasteiger partial charge is 0.493 e. The van der Waals surface area contributed by atoms with Gasteiger partial charge >= 0.3 is 0 Å². The van der Waals surface area contributed by atoms with Crippen LogP contribution in [0, 0.1) is 5.41 Å². The summed E-state index contributed by atoms with van der Waals surface area (Å²) in [6.45, 7) is 15.8. The number of pyridine rings is 1. The molecule has 3 aromatic rings. The van der Waals surface area contributed by atoms with E-state index in [1.165, 1.54) is 6.08 Å². The Kier molecular flexibility index (Phi) is 16.2. The number of anilines is 1. The van der Waals surface area contributed by atoms with Gasteiger partial charge < -0.3 is 29.6 Å². The van der Waals surface area contributed by atoms with Gasteiger partial charge in [0.1, 0.15) is 11.5 Å². The number of amides is 1. The van der Waals surface area contributed by atoms with Crippen molar-refractivity contribution >= 4 is 22.5 Å². The molecule has 10 heteroatoms. The lowest BCUT2D eigenvalue weighted by atomic mass is 9.68. The summed E-state index contributed by atoms with van der Waals surface area (Å²) >= 11 is 0. The smallest absolute Gasteiger partial charge is 0.231 e. The number of fused-ring (bicyclic) bond motifs is 1. The molecule has 1 aliphatic carbocycles. The third-order valence-corrected chi connectivity index (χ3v) is 7.98. The van der Waals surface area contributed by atoms with Crippen LogP contribution in [0.25, 0.3) is 10.9 Å². The third kappa shape index (κ3) is 11.1. The van der Waals surface area contributed by atoms with Crippen molar-refractivity contribution in [2.75, 3.05) is 65.0 Å². The number of benzene rings is 2. The fourth-order valence-electron chi connectivity index (χ4n) is 5.28. The van der Waals surface area contributed by atoms with E-state index in [1.54, 1.807) is 20.2 Å². The first-order valence-electron chi connectivity index (χ1n) is 16.5. The molecular weight excluding hydrogens is 599 g/mol. The molecule has 47 heavy (non-hydrogen) atoms. The lowest BCUT2D eigenvalue weighted by Crippen LogP contribution is -2.49. The fourth-order valence-corrected chi connectivity index (χ4v) is 5.28. The zero-order valence-electron chi connectivity index (χ0n) is 28.4. The second-order valence-corrected chi connectivity index (χ2v) is 11.1. The Bertz CT molecular complexity index is 1400. The number of nitrogens with one attached hydrogen (secondary N) is 2. The highest BCUT2D eigenvalue weighted by Crippen LogP contribution is 2.42. The number of allylic oxidation sites excluding steroid dienone is 1. The molecule has 0 unspecified atom stereocenters. The van der Waals surface area contributed by atoms with Gasteiger partial charge in [0.15, 0.2) is 11.5 Å². The number of methoxy groups -OCH3 is 1. The molecule has 0 radical (unpaired) electrons. The molecule has 5 rings (SSSR count).